The third kappa shape index (κ3) is 6.17. The fourth-order valence-electron chi connectivity index (χ4n) is 3.22. The van der Waals surface area contributed by atoms with Crippen molar-refractivity contribution < 1.29 is 32.3 Å². The van der Waals surface area contributed by atoms with E-state index in [0.717, 1.165) is 0 Å². The maximum Gasteiger partial charge on any atom is 0.319 e. The van der Waals surface area contributed by atoms with Crippen LogP contribution in [0.5, 0.6) is 0 Å². The van der Waals surface area contributed by atoms with Crippen LogP contribution in [0.1, 0.15) is 18.9 Å². The predicted molar refractivity (Wildman–Crippen MR) is 100 cm³/mol. The quantitative estimate of drug-likeness (QED) is 0.520. The fourth-order valence-corrected chi connectivity index (χ4v) is 3.22. The number of rotatable bonds is 6. The zero-order chi connectivity index (χ0) is 22.4. The van der Waals surface area contributed by atoms with Crippen molar-refractivity contribution in [1.82, 2.24) is 14.9 Å². The molecule has 166 valence electrons. The number of hydrogen-bond donors (Lipinski definition) is 1. The lowest BCUT2D eigenvalue weighted by molar-refractivity contribution is -0.161. The highest BCUT2D eigenvalue weighted by Crippen LogP contribution is 2.17. The molecule has 2 rings (SSSR count). The van der Waals surface area contributed by atoms with Gasteiger partial charge in [-0.15, -0.1) is 0 Å². The van der Waals surface area contributed by atoms with Crippen LogP contribution in [0.2, 0.25) is 0 Å². The summed E-state index contributed by atoms with van der Waals surface area (Å²) in [5.74, 6) is -4.72. The van der Waals surface area contributed by atoms with E-state index >= 15 is 0 Å². The Labute approximate surface area is 172 Å². The van der Waals surface area contributed by atoms with Crippen molar-refractivity contribution >= 4 is 17.8 Å². The lowest BCUT2D eigenvalue weighted by Crippen LogP contribution is -2.50. The van der Waals surface area contributed by atoms with Crippen molar-refractivity contribution in [3.05, 3.63) is 35.1 Å². The zero-order valence-electron chi connectivity index (χ0n) is 16.9. The first-order chi connectivity index (χ1) is 14.1. The summed E-state index contributed by atoms with van der Waals surface area (Å²) >= 11 is 0. The van der Waals surface area contributed by atoms with Crippen LogP contribution in [0.25, 0.3) is 0 Å². The standard InChI is InChI=1S/C19H25F3N4O4/c1-12(27)25-5-3-24(11-19(29)30-2)4-6-26(25)18(28)9-14(23)7-13-8-16(21)17(22)10-15(13)20/h8,10,14H,3-7,9,11,23H2,1-2H3/t14-/m1/s1. The summed E-state index contributed by atoms with van der Waals surface area (Å²) in [6, 6.07) is 0.273. The highest BCUT2D eigenvalue weighted by Gasteiger charge is 2.29. The van der Waals surface area contributed by atoms with Gasteiger partial charge in [0, 0.05) is 38.5 Å². The highest BCUT2D eigenvalue weighted by molar-refractivity contribution is 5.81. The molecule has 1 fully saturated rings. The average molecular weight is 430 g/mol. The van der Waals surface area contributed by atoms with Gasteiger partial charge in [0.2, 0.25) is 11.8 Å². The summed E-state index contributed by atoms with van der Waals surface area (Å²) in [6.07, 6.45) is -0.420. The van der Waals surface area contributed by atoms with E-state index in [2.05, 4.69) is 4.74 Å². The Morgan fingerprint density at radius 1 is 1.03 bits per heavy atom. The van der Waals surface area contributed by atoms with Crippen molar-refractivity contribution in [2.75, 3.05) is 39.8 Å². The minimum absolute atomic E-state index is 0.0270. The summed E-state index contributed by atoms with van der Waals surface area (Å²) in [5.41, 5.74) is 5.80. The van der Waals surface area contributed by atoms with E-state index in [1.165, 1.54) is 24.1 Å². The van der Waals surface area contributed by atoms with Crippen LogP contribution in [0.15, 0.2) is 12.1 Å². The molecular formula is C19H25F3N4O4. The number of amides is 2. The van der Waals surface area contributed by atoms with Crippen LogP contribution in [-0.2, 0) is 25.5 Å². The van der Waals surface area contributed by atoms with Gasteiger partial charge >= 0.3 is 5.97 Å². The zero-order valence-corrected chi connectivity index (χ0v) is 16.9. The summed E-state index contributed by atoms with van der Waals surface area (Å²) < 4.78 is 44.9. The number of esters is 1. The number of nitrogens with two attached hydrogens (primary N) is 1. The smallest absolute Gasteiger partial charge is 0.319 e. The van der Waals surface area contributed by atoms with E-state index in [0.29, 0.717) is 25.2 Å². The van der Waals surface area contributed by atoms with Crippen LogP contribution >= 0.6 is 0 Å². The minimum atomic E-state index is -1.31. The predicted octanol–water partition coefficient (Wildman–Crippen LogP) is 0.445. The van der Waals surface area contributed by atoms with Gasteiger partial charge in [0.05, 0.1) is 26.7 Å². The fraction of sp³-hybridized carbons (Fsp3) is 0.526. The third-order valence-corrected chi connectivity index (χ3v) is 4.79. The number of carbonyl (C=O) groups excluding carboxylic acids is 3. The first-order valence-electron chi connectivity index (χ1n) is 9.39. The van der Waals surface area contributed by atoms with Crippen LogP contribution in [-0.4, -0.2) is 78.6 Å². The largest absolute Gasteiger partial charge is 0.468 e. The van der Waals surface area contributed by atoms with Gasteiger partial charge in [-0.05, 0) is 18.1 Å². The molecule has 0 spiro atoms. The molecule has 1 atom stereocenters. The normalized spacial score (nSPS) is 16.2. The van der Waals surface area contributed by atoms with E-state index in [-0.39, 0.29) is 43.9 Å². The van der Waals surface area contributed by atoms with Gasteiger partial charge in [-0.25, -0.2) is 13.2 Å². The van der Waals surface area contributed by atoms with Gasteiger partial charge in [0.15, 0.2) is 11.6 Å². The summed E-state index contributed by atoms with van der Waals surface area (Å²) in [7, 11) is 1.27. The third-order valence-electron chi connectivity index (χ3n) is 4.79. The van der Waals surface area contributed by atoms with Crippen LogP contribution < -0.4 is 5.73 Å². The Hall–Kier alpha value is -2.66. The first-order valence-corrected chi connectivity index (χ1v) is 9.39. The van der Waals surface area contributed by atoms with E-state index < -0.39 is 35.4 Å². The number of hydrogen-bond acceptors (Lipinski definition) is 6. The van der Waals surface area contributed by atoms with Crippen molar-refractivity contribution in [1.29, 1.82) is 0 Å². The van der Waals surface area contributed by atoms with E-state index in [1.54, 1.807) is 4.90 Å². The molecule has 0 bridgehead atoms. The molecule has 2 N–H and O–H groups in total. The maximum atomic E-state index is 13.8. The number of hydrazine groups is 1. The number of benzene rings is 1. The lowest BCUT2D eigenvalue weighted by atomic mass is 10.0. The van der Waals surface area contributed by atoms with Gasteiger partial charge < -0.3 is 10.5 Å². The molecule has 1 aliphatic heterocycles. The number of carbonyl (C=O) groups is 3. The molecule has 30 heavy (non-hydrogen) atoms. The van der Waals surface area contributed by atoms with Gasteiger partial charge in [0.1, 0.15) is 5.82 Å². The molecule has 2 amide bonds. The molecule has 0 aliphatic carbocycles. The van der Waals surface area contributed by atoms with Crippen molar-refractivity contribution in [3.63, 3.8) is 0 Å². The lowest BCUT2D eigenvalue weighted by Gasteiger charge is -2.32. The molecule has 0 unspecified atom stereocenters. The van der Waals surface area contributed by atoms with Crippen molar-refractivity contribution in [3.8, 4) is 0 Å². The number of ether oxygens (including phenoxy) is 1. The average Bonchev–Trinajstić information content (AvgIpc) is 2.88. The first kappa shape index (κ1) is 23.6. The van der Waals surface area contributed by atoms with E-state index in [4.69, 9.17) is 5.73 Å². The molecule has 11 heteroatoms. The highest BCUT2D eigenvalue weighted by atomic mass is 19.2. The molecule has 1 aromatic carbocycles. The number of halogens is 3. The molecule has 0 radical (unpaired) electrons. The SMILES string of the molecule is COC(=O)CN1CCN(C(C)=O)N(C(=O)C[C@H](N)Cc2cc(F)c(F)cc2F)CC1. The Bertz CT molecular complexity index is 808. The molecule has 1 aliphatic rings. The van der Waals surface area contributed by atoms with Gasteiger partial charge in [-0.1, -0.05) is 0 Å². The van der Waals surface area contributed by atoms with E-state index in [9.17, 15) is 27.6 Å². The minimum Gasteiger partial charge on any atom is -0.468 e. The molecular weight excluding hydrogens is 405 g/mol. The molecule has 0 aromatic heterocycles. The Morgan fingerprint density at radius 2 is 1.63 bits per heavy atom. The van der Waals surface area contributed by atoms with Crippen LogP contribution in [0.4, 0.5) is 13.2 Å². The molecule has 0 saturated carbocycles. The number of nitrogens with zero attached hydrogens (tertiary/aromatic N) is 3. The Morgan fingerprint density at radius 3 is 2.23 bits per heavy atom. The molecule has 1 aromatic rings. The molecule has 1 heterocycles. The Balaban J connectivity index is 2.04. The monoisotopic (exact) mass is 430 g/mol. The maximum absolute atomic E-state index is 13.8. The number of methoxy groups -OCH3 is 1. The van der Waals surface area contributed by atoms with Crippen molar-refractivity contribution in [2.45, 2.75) is 25.8 Å². The second-order valence-electron chi connectivity index (χ2n) is 7.04. The topological polar surface area (TPSA) is 96.2 Å². The van der Waals surface area contributed by atoms with Crippen LogP contribution in [0, 0.1) is 17.5 Å². The second-order valence-corrected chi connectivity index (χ2v) is 7.04. The van der Waals surface area contributed by atoms with E-state index in [1.807, 2.05) is 0 Å². The van der Waals surface area contributed by atoms with Gasteiger partial charge in [-0.2, -0.15) is 0 Å². The summed E-state index contributed by atoms with van der Waals surface area (Å²) in [4.78, 5) is 38.0. The Kier molecular flexibility index (Phi) is 8.18. The molecule has 1 saturated heterocycles. The summed E-state index contributed by atoms with van der Waals surface area (Å²) in [6.45, 7) is 2.36. The van der Waals surface area contributed by atoms with Crippen LogP contribution in [0.3, 0.4) is 0 Å². The molecule has 8 nitrogen and oxygen atoms in total. The van der Waals surface area contributed by atoms with Gasteiger partial charge in [-0.3, -0.25) is 29.3 Å². The summed E-state index contributed by atoms with van der Waals surface area (Å²) in [5, 5.41) is 2.52. The second kappa shape index (κ2) is 10.4. The van der Waals surface area contributed by atoms with Gasteiger partial charge in [0.25, 0.3) is 0 Å². The van der Waals surface area contributed by atoms with Crippen molar-refractivity contribution in [2.24, 2.45) is 5.73 Å².